The molecule has 1 heterocycles. The average molecular weight is 254 g/mol. The summed E-state index contributed by atoms with van der Waals surface area (Å²) in [5.41, 5.74) is 0. The molecule has 2 rings (SSSR count). The van der Waals surface area contributed by atoms with Gasteiger partial charge in [0.05, 0.1) is 11.8 Å². The van der Waals surface area contributed by atoms with E-state index in [0.29, 0.717) is 18.8 Å². The Morgan fingerprint density at radius 3 is 2.50 bits per heavy atom. The maximum absolute atomic E-state index is 12.2. The molecule has 5 nitrogen and oxygen atoms in total. The molecule has 0 radical (unpaired) electrons. The second-order valence-electron chi connectivity index (χ2n) is 5.88. The van der Waals surface area contributed by atoms with Crippen molar-refractivity contribution in [2.45, 2.75) is 32.2 Å². The van der Waals surface area contributed by atoms with E-state index in [4.69, 9.17) is 5.11 Å². The van der Waals surface area contributed by atoms with E-state index in [1.807, 2.05) is 14.0 Å². The van der Waals surface area contributed by atoms with Gasteiger partial charge in [-0.2, -0.15) is 0 Å². The SMILES string of the molecule is CC1CC(C(=O)O)C(C(=O)NC2CCN(C)C2)C1. The summed E-state index contributed by atoms with van der Waals surface area (Å²) in [6, 6.07) is 0.188. The van der Waals surface area contributed by atoms with Gasteiger partial charge in [-0.25, -0.2) is 0 Å². The summed E-state index contributed by atoms with van der Waals surface area (Å²) in [6.07, 6.45) is 2.28. The molecule has 4 atom stereocenters. The van der Waals surface area contributed by atoms with E-state index in [1.54, 1.807) is 0 Å². The summed E-state index contributed by atoms with van der Waals surface area (Å²) in [6.45, 7) is 3.88. The van der Waals surface area contributed by atoms with Crippen LogP contribution in [0.25, 0.3) is 0 Å². The normalized spacial score (nSPS) is 36.8. The maximum atomic E-state index is 12.2. The smallest absolute Gasteiger partial charge is 0.307 e. The minimum Gasteiger partial charge on any atom is -0.481 e. The first-order valence-electron chi connectivity index (χ1n) is 6.69. The van der Waals surface area contributed by atoms with E-state index in [-0.39, 0.29) is 17.9 Å². The summed E-state index contributed by atoms with van der Waals surface area (Å²) in [7, 11) is 2.03. The van der Waals surface area contributed by atoms with Crippen LogP contribution in [-0.4, -0.2) is 48.1 Å². The van der Waals surface area contributed by atoms with Gasteiger partial charge < -0.3 is 15.3 Å². The van der Waals surface area contributed by atoms with Crippen molar-refractivity contribution in [3.05, 3.63) is 0 Å². The van der Waals surface area contributed by atoms with E-state index in [1.165, 1.54) is 0 Å². The van der Waals surface area contributed by atoms with Crippen molar-refractivity contribution in [3.63, 3.8) is 0 Å². The first-order chi connectivity index (χ1) is 8.47. The van der Waals surface area contributed by atoms with Crippen LogP contribution in [-0.2, 0) is 9.59 Å². The third-order valence-corrected chi connectivity index (χ3v) is 4.19. The Morgan fingerprint density at radius 1 is 1.28 bits per heavy atom. The van der Waals surface area contributed by atoms with Crippen molar-refractivity contribution in [2.24, 2.45) is 17.8 Å². The molecule has 2 fully saturated rings. The third kappa shape index (κ3) is 2.83. The number of carbonyl (C=O) groups excluding carboxylic acids is 1. The Bertz CT molecular complexity index is 345. The van der Waals surface area contributed by atoms with Gasteiger partial charge >= 0.3 is 5.97 Å². The molecule has 0 aromatic carbocycles. The Balaban J connectivity index is 1.93. The van der Waals surface area contributed by atoms with E-state index in [0.717, 1.165) is 19.5 Å². The summed E-state index contributed by atoms with van der Waals surface area (Å²) in [5, 5.41) is 12.2. The number of aliphatic carboxylic acids is 1. The highest BCUT2D eigenvalue weighted by Gasteiger charge is 2.41. The Labute approximate surface area is 108 Å². The Kier molecular flexibility index (Phi) is 3.90. The molecule has 1 saturated heterocycles. The lowest BCUT2D eigenvalue weighted by Gasteiger charge is -2.19. The fourth-order valence-corrected chi connectivity index (χ4v) is 3.22. The summed E-state index contributed by atoms with van der Waals surface area (Å²) in [5.74, 6) is -1.41. The minimum absolute atomic E-state index is 0.0629. The molecule has 4 unspecified atom stereocenters. The number of carboxylic acid groups (broad SMARTS) is 1. The monoisotopic (exact) mass is 254 g/mol. The van der Waals surface area contributed by atoms with Crippen molar-refractivity contribution in [1.82, 2.24) is 10.2 Å². The van der Waals surface area contributed by atoms with Gasteiger partial charge in [-0.1, -0.05) is 6.92 Å². The first-order valence-corrected chi connectivity index (χ1v) is 6.69. The number of rotatable bonds is 3. The molecule has 0 spiro atoms. The van der Waals surface area contributed by atoms with Crippen LogP contribution in [0.15, 0.2) is 0 Å². The van der Waals surface area contributed by atoms with Crippen LogP contribution < -0.4 is 5.32 Å². The Hall–Kier alpha value is -1.10. The summed E-state index contributed by atoms with van der Waals surface area (Å²) >= 11 is 0. The largest absolute Gasteiger partial charge is 0.481 e. The van der Waals surface area contributed by atoms with Crippen LogP contribution in [0.2, 0.25) is 0 Å². The number of likely N-dealkylation sites (tertiary alicyclic amines) is 1. The van der Waals surface area contributed by atoms with Gasteiger partial charge in [-0.05, 0) is 38.8 Å². The number of carboxylic acids is 1. The van der Waals surface area contributed by atoms with Crippen molar-refractivity contribution in [2.75, 3.05) is 20.1 Å². The molecule has 1 saturated carbocycles. The number of nitrogens with one attached hydrogen (secondary N) is 1. The molecule has 1 amide bonds. The predicted molar refractivity (Wildman–Crippen MR) is 67.1 cm³/mol. The van der Waals surface area contributed by atoms with Gasteiger partial charge in [0.2, 0.25) is 5.91 Å². The average Bonchev–Trinajstić information content (AvgIpc) is 2.85. The lowest BCUT2D eigenvalue weighted by atomic mass is 9.95. The van der Waals surface area contributed by atoms with Crippen LogP contribution in [0.1, 0.15) is 26.2 Å². The lowest BCUT2D eigenvalue weighted by molar-refractivity contribution is -0.146. The Morgan fingerprint density at radius 2 is 1.94 bits per heavy atom. The van der Waals surface area contributed by atoms with Crippen LogP contribution in [0, 0.1) is 17.8 Å². The fraction of sp³-hybridized carbons (Fsp3) is 0.846. The van der Waals surface area contributed by atoms with Crippen LogP contribution in [0.4, 0.5) is 0 Å². The van der Waals surface area contributed by atoms with Crippen molar-refractivity contribution in [1.29, 1.82) is 0 Å². The standard InChI is InChI=1S/C13H22N2O3/c1-8-5-10(11(6-8)13(17)18)12(16)14-9-3-4-15(2)7-9/h8-11H,3-7H2,1-2H3,(H,14,16)(H,17,18). The topological polar surface area (TPSA) is 69.6 Å². The van der Waals surface area contributed by atoms with Gasteiger partial charge in [0, 0.05) is 12.6 Å². The van der Waals surface area contributed by atoms with Gasteiger partial charge in [-0.3, -0.25) is 9.59 Å². The molecule has 2 N–H and O–H groups in total. The van der Waals surface area contributed by atoms with E-state index in [2.05, 4.69) is 10.2 Å². The number of likely N-dealkylation sites (N-methyl/N-ethyl adjacent to an activating group) is 1. The van der Waals surface area contributed by atoms with Gasteiger partial charge in [0.1, 0.15) is 0 Å². The highest BCUT2D eigenvalue weighted by Crippen LogP contribution is 2.36. The highest BCUT2D eigenvalue weighted by atomic mass is 16.4. The fourth-order valence-electron chi connectivity index (χ4n) is 3.22. The molecular formula is C13H22N2O3. The van der Waals surface area contributed by atoms with Crippen molar-refractivity contribution < 1.29 is 14.7 Å². The van der Waals surface area contributed by atoms with E-state index < -0.39 is 11.9 Å². The molecule has 0 aromatic rings. The van der Waals surface area contributed by atoms with Crippen molar-refractivity contribution in [3.8, 4) is 0 Å². The van der Waals surface area contributed by atoms with Gasteiger partial charge in [0.25, 0.3) is 0 Å². The molecule has 1 aliphatic carbocycles. The van der Waals surface area contributed by atoms with Crippen LogP contribution in [0.3, 0.4) is 0 Å². The molecule has 0 bridgehead atoms. The second-order valence-corrected chi connectivity index (χ2v) is 5.88. The molecule has 0 aromatic heterocycles. The van der Waals surface area contributed by atoms with Crippen LogP contribution in [0.5, 0.6) is 0 Å². The van der Waals surface area contributed by atoms with E-state index in [9.17, 15) is 9.59 Å². The van der Waals surface area contributed by atoms with Gasteiger partial charge in [-0.15, -0.1) is 0 Å². The summed E-state index contributed by atoms with van der Waals surface area (Å²) in [4.78, 5) is 25.5. The molecule has 18 heavy (non-hydrogen) atoms. The highest BCUT2D eigenvalue weighted by molar-refractivity contribution is 5.85. The molecular weight excluding hydrogens is 232 g/mol. The lowest BCUT2D eigenvalue weighted by Crippen LogP contribution is -2.42. The first kappa shape index (κ1) is 13.3. The number of hydrogen-bond acceptors (Lipinski definition) is 3. The zero-order chi connectivity index (χ0) is 13.3. The minimum atomic E-state index is -0.831. The zero-order valence-corrected chi connectivity index (χ0v) is 11.1. The van der Waals surface area contributed by atoms with Gasteiger partial charge in [0.15, 0.2) is 0 Å². The maximum Gasteiger partial charge on any atom is 0.307 e. The number of carbonyl (C=O) groups is 2. The molecule has 5 heteroatoms. The zero-order valence-electron chi connectivity index (χ0n) is 11.1. The molecule has 1 aliphatic heterocycles. The third-order valence-electron chi connectivity index (χ3n) is 4.19. The van der Waals surface area contributed by atoms with Crippen LogP contribution >= 0.6 is 0 Å². The summed E-state index contributed by atoms with van der Waals surface area (Å²) < 4.78 is 0. The van der Waals surface area contributed by atoms with E-state index >= 15 is 0 Å². The number of hydrogen-bond donors (Lipinski definition) is 2. The second kappa shape index (κ2) is 5.26. The number of amides is 1. The predicted octanol–water partition coefficient (Wildman–Crippen LogP) is 0.554. The molecule has 2 aliphatic rings. The molecule has 102 valence electrons. The van der Waals surface area contributed by atoms with Crippen molar-refractivity contribution >= 4 is 11.9 Å². The quantitative estimate of drug-likeness (QED) is 0.772. The number of nitrogens with zero attached hydrogens (tertiary/aromatic N) is 1.